The Morgan fingerprint density at radius 2 is 2.17 bits per heavy atom. The third-order valence-electron chi connectivity index (χ3n) is 3.26. The molecule has 0 saturated heterocycles. The van der Waals surface area contributed by atoms with Gasteiger partial charge in [-0.2, -0.15) is 0 Å². The van der Waals surface area contributed by atoms with E-state index in [2.05, 4.69) is 13.0 Å². The zero-order valence-electron chi connectivity index (χ0n) is 7.68. The number of carbonyl (C=O) groups excluding carboxylic acids is 1. The van der Waals surface area contributed by atoms with Crippen LogP contribution < -0.4 is 0 Å². The Kier molecular flexibility index (Phi) is 2.03. The number of rotatable bonds is 0. The molecule has 1 heteroatoms. The van der Waals surface area contributed by atoms with Gasteiger partial charge in [0.2, 0.25) is 0 Å². The van der Waals surface area contributed by atoms with Crippen LogP contribution in [0.3, 0.4) is 0 Å². The quantitative estimate of drug-likeness (QED) is 0.503. The van der Waals surface area contributed by atoms with Crippen molar-refractivity contribution in [2.45, 2.75) is 39.0 Å². The van der Waals surface area contributed by atoms with Crippen molar-refractivity contribution in [3.05, 3.63) is 11.6 Å². The summed E-state index contributed by atoms with van der Waals surface area (Å²) in [5.41, 5.74) is 1.53. The second-order valence-electron chi connectivity index (χ2n) is 4.26. The maximum absolute atomic E-state index is 11.2. The van der Waals surface area contributed by atoms with Gasteiger partial charge in [0.05, 0.1) is 0 Å². The second-order valence-corrected chi connectivity index (χ2v) is 4.26. The van der Waals surface area contributed by atoms with Gasteiger partial charge in [-0.3, -0.25) is 4.79 Å². The third-order valence-corrected chi connectivity index (χ3v) is 3.26. The number of fused-ring (bicyclic) bond motifs is 1. The third kappa shape index (κ3) is 1.45. The van der Waals surface area contributed by atoms with E-state index in [4.69, 9.17) is 0 Å². The summed E-state index contributed by atoms with van der Waals surface area (Å²) in [6.45, 7) is 2.21. The van der Waals surface area contributed by atoms with Crippen LogP contribution in [0.4, 0.5) is 0 Å². The predicted molar refractivity (Wildman–Crippen MR) is 48.8 cm³/mol. The monoisotopic (exact) mass is 164 g/mol. The van der Waals surface area contributed by atoms with E-state index in [0.29, 0.717) is 11.7 Å². The molecule has 0 aromatic carbocycles. The summed E-state index contributed by atoms with van der Waals surface area (Å²) in [5, 5.41) is 0. The summed E-state index contributed by atoms with van der Waals surface area (Å²) in [4.78, 5) is 11.2. The van der Waals surface area contributed by atoms with Gasteiger partial charge in [0, 0.05) is 12.8 Å². The SMILES string of the molecule is CC1=CC2CCC(=O)CC2CC1. The first-order valence-electron chi connectivity index (χ1n) is 4.94. The smallest absolute Gasteiger partial charge is 0.133 e. The van der Waals surface area contributed by atoms with Gasteiger partial charge in [0.1, 0.15) is 5.78 Å². The lowest BCUT2D eigenvalue weighted by Gasteiger charge is -2.32. The first-order chi connectivity index (χ1) is 5.75. The molecule has 0 bridgehead atoms. The molecule has 0 spiro atoms. The zero-order valence-corrected chi connectivity index (χ0v) is 7.68. The standard InChI is InChI=1S/C11H16O/c1-8-2-3-10-7-11(12)5-4-9(10)6-8/h6,9-10H,2-5,7H2,1H3. The number of allylic oxidation sites excluding steroid dienone is 2. The van der Waals surface area contributed by atoms with E-state index in [0.717, 1.165) is 25.2 Å². The van der Waals surface area contributed by atoms with Crippen LogP contribution in [0.25, 0.3) is 0 Å². The molecule has 0 aromatic heterocycles. The molecular weight excluding hydrogens is 148 g/mol. The fraction of sp³-hybridized carbons (Fsp3) is 0.727. The van der Waals surface area contributed by atoms with Crippen molar-refractivity contribution >= 4 is 5.78 Å². The maximum Gasteiger partial charge on any atom is 0.133 e. The van der Waals surface area contributed by atoms with E-state index >= 15 is 0 Å². The van der Waals surface area contributed by atoms with Crippen LogP contribution in [0.5, 0.6) is 0 Å². The van der Waals surface area contributed by atoms with Gasteiger partial charge < -0.3 is 0 Å². The van der Waals surface area contributed by atoms with Crippen LogP contribution in [0.15, 0.2) is 11.6 Å². The van der Waals surface area contributed by atoms with Gasteiger partial charge in [0.25, 0.3) is 0 Å². The highest BCUT2D eigenvalue weighted by atomic mass is 16.1. The lowest BCUT2D eigenvalue weighted by Crippen LogP contribution is -2.26. The van der Waals surface area contributed by atoms with Gasteiger partial charge in [-0.1, -0.05) is 11.6 Å². The Morgan fingerprint density at radius 3 is 3.00 bits per heavy atom. The molecular formula is C11H16O. The number of Topliss-reactive ketones (excluding diaryl/α,β-unsaturated/α-hetero) is 1. The Hall–Kier alpha value is -0.590. The average molecular weight is 164 g/mol. The Bertz CT molecular complexity index is 227. The highest BCUT2D eigenvalue weighted by Crippen LogP contribution is 2.37. The van der Waals surface area contributed by atoms with Crippen LogP contribution in [0.2, 0.25) is 0 Å². The van der Waals surface area contributed by atoms with E-state index < -0.39 is 0 Å². The van der Waals surface area contributed by atoms with Gasteiger partial charge in [0.15, 0.2) is 0 Å². The van der Waals surface area contributed by atoms with Crippen molar-refractivity contribution in [1.82, 2.24) is 0 Å². The summed E-state index contributed by atoms with van der Waals surface area (Å²) in [6.07, 6.45) is 7.66. The van der Waals surface area contributed by atoms with Crippen molar-refractivity contribution in [2.24, 2.45) is 11.8 Å². The van der Waals surface area contributed by atoms with Crippen molar-refractivity contribution in [3.8, 4) is 0 Å². The zero-order chi connectivity index (χ0) is 8.55. The molecule has 1 saturated carbocycles. The molecule has 2 rings (SSSR count). The molecule has 2 aliphatic carbocycles. The largest absolute Gasteiger partial charge is 0.300 e. The first-order valence-corrected chi connectivity index (χ1v) is 4.94. The van der Waals surface area contributed by atoms with Crippen molar-refractivity contribution in [1.29, 1.82) is 0 Å². The van der Waals surface area contributed by atoms with Crippen LogP contribution in [0, 0.1) is 11.8 Å². The topological polar surface area (TPSA) is 17.1 Å². The number of hydrogen-bond acceptors (Lipinski definition) is 1. The molecule has 0 N–H and O–H groups in total. The van der Waals surface area contributed by atoms with Gasteiger partial charge in [-0.25, -0.2) is 0 Å². The number of carbonyl (C=O) groups is 1. The average Bonchev–Trinajstić information content (AvgIpc) is 2.05. The highest BCUT2D eigenvalue weighted by Gasteiger charge is 2.29. The lowest BCUT2D eigenvalue weighted by atomic mass is 9.72. The summed E-state index contributed by atoms with van der Waals surface area (Å²) < 4.78 is 0. The number of ketones is 1. The molecule has 2 aliphatic rings. The first kappa shape index (κ1) is 8.03. The fourth-order valence-electron chi connectivity index (χ4n) is 2.51. The van der Waals surface area contributed by atoms with E-state index in [-0.39, 0.29) is 0 Å². The molecule has 0 aromatic rings. The van der Waals surface area contributed by atoms with Crippen LogP contribution >= 0.6 is 0 Å². The van der Waals surface area contributed by atoms with Gasteiger partial charge >= 0.3 is 0 Å². The molecule has 2 unspecified atom stereocenters. The van der Waals surface area contributed by atoms with E-state index in [1.807, 2.05) is 0 Å². The molecule has 0 amide bonds. The molecule has 0 heterocycles. The van der Waals surface area contributed by atoms with E-state index in [1.165, 1.54) is 18.4 Å². The Balaban J connectivity index is 2.10. The minimum Gasteiger partial charge on any atom is -0.300 e. The van der Waals surface area contributed by atoms with Crippen LogP contribution in [-0.4, -0.2) is 5.78 Å². The molecule has 1 fully saturated rings. The van der Waals surface area contributed by atoms with Gasteiger partial charge in [-0.05, 0) is 38.0 Å². The molecule has 0 aliphatic heterocycles. The highest BCUT2D eigenvalue weighted by molar-refractivity contribution is 5.79. The maximum atomic E-state index is 11.2. The minimum absolute atomic E-state index is 0.490. The minimum atomic E-state index is 0.490. The van der Waals surface area contributed by atoms with Gasteiger partial charge in [-0.15, -0.1) is 0 Å². The van der Waals surface area contributed by atoms with Crippen molar-refractivity contribution in [3.63, 3.8) is 0 Å². The molecule has 0 radical (unpaired) electrons. The lowest BCUT2D eigenvalue weighted by molar-refractivity contribution is -0.122. The van der Waals surface area contributed by atoms with E-state index in [1.54, 1.807) is 0 Å². The second kappa shape index (κ2) is 3.04. The predicted octanol–water partition coefficient (Wildman–Crippen LogP) is 2.71. The van der Waals surface area contributed by atoms with E-state index in [9.17, 15) is 4.79 Å². The van der Waals surface area contributed by atoms with Crippen LogP contribution in [0.1, 0.15) is 39.0 Å². The molecule has 66 valence electrons. The molecule has 12 heavy (non-hydrogen) atoms. The Morgan fingerprint density at radius 1 is 1.33 bits per heavy atom. The fourth-order valence-corrected chi connectivity index (χ4v) is 2.51. The number of hydrogen-bond donors (Lipinski definition) is 0. The van der Waals surface area contributed by atoms with Crippen molar-refractivity contribution in [2.75, 3.05) is 0 Å². The summed E-state index contributed by atoms with van der Waals surface area (Å²) >= 11 is 0. The van der Waals surface area contributed by atoms with Crippen LogP contribution in [-0.2, 0) is 4.79 Å². The molecule has 2 atom stereocenters. The Labute approximate surface area is 73.8 Å². The normalized spacial score (nSPS) is 35.8. The molecule has 1 nitrogen and oxygen atoms in total. The summed E-state index contributed by atoms with van der Waals surface area (Å²) in [7, 11) is 0. The summed E-state index contributed by atoms with van der Waals surface area (Å²) in [5.74, 6) is 1.91. The van der Waals surface area contributed by atoms with Crippen molar-refractivity contribution < 1.29 is 4.79 Å². The summed E-state index contributed by atoms with van der Waals surface area (Å²) in [6, 6.07) is 0.